The quantitative estimate of drug-likeness (QED) is 0.771. The van der Waals surface area contributed by atoms with Crippen molar-refractivity contribution in [1.82, 2.24) is 9.78 Å². The van der Waals surface area contributed by atoms with Gasteiger partial charge in [0.25, 0.3) is 0 Å². The summed E-state index contributed by atoms with van der Waals surface area (Å²) in [6.45, 7) is 0.476. The topological polar surface area (TPSA) is 53.1 Å². The highest BCUT2D eigenvalue weighted by molar-refractivity contribution is 5.81. The average molecular weight is 191 g/mol. The standard InChI is InChI=1S/C10H13N3O/c1-13-9-3-7(5-11)10(14-2)4-8(9)6-12-13/h3-4,6H,5,11H2,1-2H3. The van der Waals surface area contributed by atoms with Crippen LogP contribution in [0.3, 0.4) is 0 Å². The maximum absolute atomic E-state index is 5.63. The van der Waals surface area contributed by atoms with Crippen LogP contribution in [0.4, 0.5) is 0 Å². The summed E-state index contributed by atoms with van der Waals surface area (Å²) < 4.78 is 7.06. The van der Waals surface area contributed by atoms with Gasteiger partial charge < -0.3 is 10.5 Å². The van der Waals surface area contributed by atoms with Gasteiger partial charge in [0.05, 0.1) is 18.8 Å². The van der Waals surface area contributed by atoms with Crippen LogP contribution in [-0.4, -0.2) is 16.9 Å². The van der Waals surface area contributed by atoms with Gasteiger partial charge in [-0.05, 0) is 12.1 Å². The molecule has 0 atom stereocenters. The third kappa shape index (κ3) is 1.24. The van der Waals surface area contributed by atoms with Crippen molar-refractivity contribution in [3.63, 3.8) is 0 Å². The molecule has 2 N–H and O–H groups in total. The molecule has 74 valence electrons. The third-order valence-electron chi connectivity index (χ3n) is 2.37. The number of rotatable bonds is 2. The highest BCUT2D eigenvalue weighted by atomic mass is 16.5. The summed E-state index contributed by atoms with van der Waals surface area (Å²) >= 11 is 0. The molecule has 4 nitrogen and oxygen atoms in total. The molecule has 14 heavy (non-hydrogen) atoms. The number of hydrogen-bond donors (Lipinski definition) is 1. The fourth-order valence-electron chi connectivity index (χ4n) is 1.57. The third-order valence-corrected chi connectivity index (χ3v) is 2.37. The van der Waals surface area contributed by atoms with E-state index in [-0.39, 0.29) is 0 Å². The fourth-order valence-corrected chi connectivity index (χ4v) is 1.57. The summed E-state index contributed by atoms with van der Waals surface area (Å²) in [6, 6.07) is 3.98. The summed E-state index contributed by atoms with van der Waals surface area (Å²) in [4.78, 5) is 0. The predicted molar refractivity (Wildman–Crippen MR) is 55.2 cm³/mol. The van der Waals surface area contributed by atoms with E-state index in [1.54, 1.807) is 7.11 Å². The van der Waals surface area contributed by atoms with E-state index < -0.39 is 0 Å². The van der Waals surface area contributed by atoms with Gasteiger partial charge in [-0.2, -0.15) is 5.10 Å². The van der Waals surface area contributed by atoms with Crippen LogP contribution in [0.15, 0.2) is 18.3 Å². The minimum atomic E-state index is 0.476. The van der Waals surface area contributed by atoms with Gasteiger partial charge in [-0.1, -0.05) is 0 Å². The van der Waals surface area contributed by atoms with Crippen LogP contribution in [0.25, 0.3) is 10.9 Å². The molecule has 0 bridgehead atoms. The first-order chi connectivity index (χ1) is 6.76. The molecule has 2 rings (SSSR count). The van der Waals surface area contributed by atoms with Crippen molar-refractivity contribution < 1.29 is 4.74 Å². The Morgan fingerprint density at radius 2 is 2.29 bits per heavy atom. The highest BCUT2D eigenvalue weighted by Crippen LogP contribution is 2.24. The largest absolute Gasteiger partial charge is 0.496 e. The molecule has 0 saturated heterocycles. The van der Waals surface area contributed by atoms with Crippen molar-refractivity contribution in [3.05, 3.63) is 23.9 Å². The first-order valence-corrected chi connectivity index (χ1v) is 4.45. The Hall–Kier alpha value is -1.55. The lowest BCUT2D eigenvalue weighted by Crippen LogP contribution is -2.00. The van der Waals surface area contributed by atoms with E-state index in [9.17, 15) is 0 Å². The minimum absolute atomic E-state index is 0.476. The zero-order valence-electron chi connectivity index (χ0n) is 8.32. The van der Waals surface area contributed by atoms with Crippen LogP contribution >= 0.6 is 0 Å². The first-order valence-electron chi connectivity index (χ1n) is 4.45. The minimum Gasteiger partial charge on any atom is -0.496 e. The van der Waals surface area contributed by atoms with E-state index in [1.165, 1.54) is 0 Å². The lowest BCUT2D eigenvalue weighted by atomic mass is 10.1. The monoisotopic (exact) mass is 191 g/mol. The van der Waals surface area contributed by atoms with Gasteiger partial charge in [-0.25, -0.2) is 0 Å². The molecule has 1 aromatic heterocycles. The summed E-state index contributed by atoms with van der Waals surface area (Å²) in [5.41, 5.74) is 7.70. The zero-order chi connectivity index (χ0) is 10.1. The smallest absolute Gasteiger partial charge is 0.124 e. The summed E-state index contributed by atoms with van der Waals surface area (Å²) in [7, 11) is 3.56. The van der Waals surface area contributed by atoms with Gasteiger partial charge in [0.2, 0.25) is 0 Å². The van der Waals surface area contributed by atoms with Gasteiger partial charge in [-0.15, -0.1) is 0 Å². The van der Waals surface area contributed by atoms with Crippen LogP contribution in [0.5, 0.6) is 5.75 Å². The van der Waals surface area contributed by atoms with Crippen molar-refractivity contribution >= 4 is 10.9 Å². The molecule has 1 heterocycles. The Kier molecular flexibility index (Phi) is 2.13. The molecular formula is C10H13N3O. The lowest BCUT2D eigenvalue weighted by molar-refractivity contribution is 0.410. The van der Waals surface area contributed by atoms with Crippen LogP contribution < -0.4 is 10.5 Å². The molecule has 0 fully saturated rings. The predicted octanol–water partition coefficient (Wildman–Crippen LogP) is 1.04. The molecular weight excluding hydrogens is 178 g/mol. The number of ether oxygens (including phenoxy) is 1. The first kappa shape index (κ1) is 9.02. The van der Waals surface area contributed by atoms with Crippen LogP contribution in [-0.2, 0) is 13.6 Å². The number of methoxy groups -OCH3 is 1. The molecule has 4 heteroatoms. The number of aryl methyl sites for hydroxylation is 1. The summed E-state index contributed by atoms with van der Waals surface area (Å²) in [6.07, 6.45) is 1.82. The molecule has 0 saturated carbocycles. The maximum atomic E-state index is 5.63. The molecule has 0 aliphatic carbocycles. The van der Waals surface area contributed by atoms with Crippen molar-refractivity contribution in [1.29, 1.82) is 0 Å². The van der Waals surface area contributed by atoms with E-state index >= 15 is 0 Å². The SMILES string of the molecule is COc1cc2cnn(C)c2cc1CN. The maximum Gasteiger partial charge on any atom is 0.124 e. The molecule has 2 aromatic rings. The molecule has 0 unspecified atom stereocenters. The second-order valence-corrected chi connectivity index (χ2v) is 3.20. The number of benzene rings is 1. The fraction of sp³-hybridized carbons (Fsp3) is 0.300. The molecule has 1 aromatic carbocycles. The normalized spacial score (nSPS) is 10.8. The Labute approximate surface area is 82.3 Å². The van der Waals surface area contributed by atoms with Crippen molar-refractivity contribution in [3.8, 4) is 5.75 Å². The van der Waals surface area contributed by atoms with E-state index in [0.717, 1.165) is 22.2 Å². The number of nitrogens with zero attached hydrogens (tertiary/aromatic N) is 2. The molecule has 0 amide bonds. The van der Waals surface area contributed by atoms with E-state index in [1.807, 2.05) is 30.1 Å². The number of nitrogens with two attached hydrogens (primary N) is 1. The van der Waals surface area contributed by atoms with Crippen LogP contribution in [0.1, 0.15) is 5.56 Å². The van der Waals surface area contributed by atoms with Crippen molar-refractivity contribution in [2.45, 2.75) is 6.54 Å². The Morgan fingerprint density at radius 3 is 2.93 bits per heavy atom. The number of aromatic nitrogens is 2. The molecule has 0 radical (unpaired) electrons. The van der Waals surface area contributed by atoms with E-state index in [2.05, 4.69) is 5.10 Å². The highest BCUT2D eigenvalue weighted by Gasteiger charge is 2.06. The lowest BCUT2D eigenvalue weighted by Gasteiger charge is -2.06. The summed E-state index contributed by atoms with van der Waals surface area (Å²) in [5.74, 6) is 0.827. The molecule has 0 aliphatic heterocycles. The van der Waals surface area contributed by atoms with E-state index in [4.69, 9.17) is 10.5 Å². The number of hydrogen-bond acceptors (Lipinski definition) is 3. The van der Waals surface area contributed by atoms with Crippen LogP contribution in [0.2, 0.25) is 0 Å². The van der Waals surface area contributed by atoms with Gasteiger partial charge in [0, 0.05) is 24.5 Å². The Bertz CT molecular complexity index is 462. The molecule has 0 aliphatic rings. The van der Waals surface area contributed by atoms with Gasteiger partial charge in [-0.3, -0.25) is 4.68 Å². The summed E-state index contributed by atoms with van der Waals surface area (Å²) in [5, 5.41) is 5.24. The Morgan fingerprint density at radius 1 is 1.50 bits per heavy atom. The van der Waals surface area contributed by atoms with Gasteiger partial charge in [0.15, 0.2) is 0 Å². The van der Waals surface area contributed by atoms with Gasteiger partial charge in [0.1, 0.15) is 5.75 Å². The average Bonchev–Trinajstić information content (AvgIpc) is 2.58. The van der Waals surface area contributed by atoms with Gasteiger partial charge >= 0.3 is 0 Å². The second-order valence-electron chi connectivity index (χ2n) is 3.20. The molecule has 0 spiro atoms. The van der Waals surface area contributed by atoms with Crippen LogP contribution in [0, 0.1) is 0 Å². The number of fused-ring (bicyclic) bond motifs is 1. The Balaban J connectivity index is 2.71. The van der Waals surface area contributed by atoms with E-state index in [0.29, 0.717) is 6.54 Å². The van der Waals surface area contributed by atoms with Crippen molar-refractivity contribution in [2.75, 3.05) is 7.11 Å². The van der Waals surface area contributed by atoms with Crippen molar-refractivity contribution in [2.24, 2.45) is 12.8 Å². The zero-order valence-corrected chi connectivity index (χ0v) is 8.32. The second kappa shape index (κ2) is 3.31.